The van der Waals surface area contributed by atoms with Gasteiger partial charge in [-0.2, -0.15) is 5.10 Å². The van der Waals surface area contributed by atoms with Crippen LogP contribution in [0.15, 0.2) is 0 Å². The molecule has 0 saturated heterocycles. The molecule has 1 atom stereocenters. The Labute approximate surface area is 78.7 Å². The molecule has 3 heteroatoms. The zero-order valence-electron chi connectivity index (χ0n) is 8.30. The average Bonchev–Trinajstić information content (AvgIpc) is 2.49. The molecule has 3 nitrogen and oxygen atoms in total. The summed E-state index contributed by atoms with van der Waals surface area (Å²) in [5.74, 6) is 0.476. The zero-order valence-corrected chi connectivity index (χ0v) is 8.30. The Bertz CT molecular complexity index is 301. The highest BCUT2D eigenvalue weighted by Crippen LogP contribution is 2.32. The molecule has 0 amide bonds. The summed E-state index contributed by atoms with van der Waals surface area (Å²) >= 11 is 0. The Balaban J connectivity index is 2.44. The number of nitrogens with two attached hydrogens (primary N) is 1. The van der Waals surface area contributed by atoms with E-state index in [1.807, 2.05) is 0 Å². The number of aryl methyl sites for hydroxylation is 1. The predicted molar refractivity (Wildman–Crippen MR) is 52.5 cm³/mol. The van der Waals surface area contributed by atoms with E-state index < -0.39 is 0 Å². The zero-order chi connectivity index (χ0) is 9.42. The maximum atomic E-state index is 6.07. The third kappa shape index (κ3) is 1.37. The molecule has 2 rings (SSSR count). The first-order valence-corrected chi connectivity index (χ1v) is 5.02. The summed E-state index contributed by atoms with van der Waals surface area (Å²) in [5, 5.41) is 7.45. The van der Waals surface area contributed by atoms with Crippen molar-refractivity contribution in [2.45, 2.75) is 45.1 Å². The fourth-order valence-corrected chi connectivity index (χ4v) is 2.09. The van der Waals surface area contributed by atoms with E-state index in [9.17, 15) is 0 Å². The van der Waals surface area contributed by atoms with E-state index in [2.05, 4.69) is 24.0 Å². The maximum Gasteiger partial charge on any atom is 0.0698 e. The van der Waals surface area contributed by atoms with Crippen LogP contribution in [-0.4, -0.2) is 10.2 Å². The Kier molecular flexibility index (Phi) is 2.12. The molecular formula is C10H17N3. The second-order valence-electron chi connectivity index (χ2n) is 4.15. The molecule has 1 heterocycles. The Morgan fingerprint density at radius 1 is 1.54 bits per heavy atom. The van der Waals surface area contributed by atoms with Gasteiger partial charge in [0.25, 0.3) is 0 Å². The van der Waals surface area contributed by atoms with Gasteiger partial charge in [-0.25, -0.2) is 0 Å². The van der Waals surface area contributed by atoms with Gasteiger partial charge in [0.1, 0.15) is 0 Å². The molecule has 0 aromatic carbocycles. The van der Waals surface area contributed by atoms with Gasteiger partial charge in [-0.3, -0.25) is 5.10 Å². The van der Waals surface area contributed by atoms with Gasteiger partial charge in [0.15, 0.2) is 0 Å². The minimum Gasteiger partial charge on any atom is -0.324 e. The summed E-state index contributed by atoms with van der Waals surface area (Å²) < 4.78 is 0. The third-order valence-corrected chi connectivity index (χ3v) is 2.77. The first-order chi connectivity index (χ1) is 6.20. The van der Waals surface area contributed by atoms with Crippen LogP contribution in [0.1, 0.15) is 55.6 Å². The van der Waals surface area contributed by atoms with Crippen molar-refractivity contribution in [1.82, 2.24) is 10.2 Å². The van der Waals surface area contributed by atoms with Gasteiger partial charge < -0.3 is 5.73 Å². The molecule has 0 bridgehead atoms. The average molecular weight is 179 g/mol. The number of rotatable bonds is 1. The van der Waals surface area contributed by atoms with E-state index in [0.29, 0.717) is 5.92 Å². The minimum atomic E-state index is 0.208. The molecule has 3 N–H and O–H groups in total. The number of fused-ring (bicyclic) bond motifs is 1. The number of nitrogens with one attached hydrogen (secondary N) is 1. The van der Waals surface area contributed by atoms with Gasteiger partial charge >= 0.3 is 0 Å². The first-order valence-electron chi connectivity index (χ1n) is 5.02. The highest BCUT2D eigenvalue weighted by Gasteiger charge is 2.24. The monoisotopic (exact) mass is 179 g/mol. The van der Waals surface area contributed by atoms with Gasteiger partial charge in [0.05, 0.1) is 5.69 Å². The molecule has 0 aliphatic heterocycles. The van der Waals surface area contributed by atoms with Gasteiger partial charge in [0, 0.05) is 17.3 Å². The molecule has 1 aliphatic carbocycles. The van der Waals surface area contributed by atoms with Crippen LogP contribution in [0.2, 0.25) is 0 Å². The SMILES string of the molecule is CC(C)c1n[nH]c2c1[C@@H](N)CCC2. The molecule has 0 saturated carbocycles. The van der Waals surface area contributed by atoms with Crippen molar-refractivity contribution in [3.8, 4) is 0 Å². The second kappa shape index (κ2) is 3.14. The second-order valence-corrected chi connectivity index (χ2v) is 4.15. The number of hydrogen-bond donors (Lipinski definition) is 2. The smallest absolute Gasteiger partial charge is 0.0698 e. The van der Waals surface area contributed by atoms with E-state index in [-0.39, 0.29) is 6.04 Å². The summed E-state index contributed by atoms with van der Waals surface area (Å²) in [5.41, 5.74) is 9.80. The molecular weight excluding hydrogens is 162 g/mol. The largest absolute Gasteiger partial charge is 0.324 e. The number of H-pyrrole nitrogens is 1. The van der Waals surface area contributed by atoms with Crippen LogP contribution < -0.4 is 5.73 Å². The fourth-order valence-electron chi connectivity index (χ4n) is 2.09. The van der Waals surface area contributed by atoms with Crippen LogP contribution in [0.4, 0.5) is 0 Å². The highest BCUT2D eigenvalue weighted by atomic mass is 15.1. The standard InChI is InChI=1S/C10H17N3/c1-6(2)10-9-7(11)4-3-5-8(9)12-13-10/h6-7H,3-5,11H2,1-2H3,(H,12,13)/t7-/m0/s1. The van der Waals surface area contributed by atoms with Crippen LogP contribution >= 0.6 is 0 Å². The topological polar surface area (TPSA) is 54.7 Å². The van der Waals surface area contributed by atoms with Gasteiger partial charge in [-0.15, -0.1) is 0 Å². The lowest BCUT2D eigenvalue weighted by Gasteiger charge is -2.19. The van der Waals surface area contributed by atoms with Crippen LogP contribution in [0.3, 0.4) is 0 Å². The Morgan fingerprint density at radius 3 is 3.00 bits per heavy atom. The van der Waals surface area contributed by atoms with Gasteiger partial charge in [0.2, 0.25) is 0 Å². The highest BCUT2D eigenvalue weighted by molar-refractivity contribution is 5.32. The van der Waals surface area contributed by atoms with E-state index in [1.165, 1.54) is 23.4 Å². The van der Waals surface area contributed by atoms with Crippen molar-refractivity contribution in [3.05, 3.63) is 17.0 Å². The van der Waals surface area contributed by atoms with E-state index in [1.54, 1.807) is 0 Å². The number of nitrogens with zero attached hydrogens (tertiary/aromatic N) is 1. The molecule has 0 spiro atoms. The van der Waals surface area contributed by atoms with E-state index in [0.717, 1.165) is 12.8 Å². The molecule has 1 aromatic heterocycles. The van der Waals surface area contributed by atoms with Gasteiger partial charge in [-0.1, -0.05) is 13.8 Å². The predicted octanol–water partition coefficient (Wildman–Crippen LogP) is 1.87. The summed E-state index contributed by atoms with van der Waals surface area (Å²) in [4.78, 5) is 0. The fraction of sp³-hybridized carbons (Fsp3) is 0.700. The lowest BCUT2D eigenvalue weighted by atomic mass is 9.89. The molecule has 72 valence electrons. The number of aromatic nitrogens is 2. The first kappa shape index (κ1) is 8.75. The maximum absolute atomic E-state index is 6.07. The van der Waals surface area contributed by atoms with Crippen LogP contribution in [0.5, 0.6) is 0 Å². The van der Waals surface area contributed by atoms with Crippen molar-refractivity contribution < 1.29 is 0 Å². The molecule has 1 aromatic rings. The van der Waals surface area contributed by atoms with E-state index in [4.69, 9.17) is 5.73 Å². The Hall–Kier alpha value is -0.830. The molecule has 1 aliphatic rings. The third-order valence-electron chi connectivity index (χ3n) is 2.77. The summed E-state index contributed by atoms with van der Waals surface area (Å²) in [6, 6.07) is 0.208. The van der Waals surface area contributed by atoms with Gasteiger partial charge in [-0.05, 0) is 25.2 Å². The van der Waals surface area contributed by atoms with E-state index >= 15 is 0 Å². The summed E-state index contributed by atoms with van der Waals surface area (Å²) in [6.07, 6.45) is 3.41. The van der Waals surface area contributed by atoms with Crippen LogP contribution in [0.25, 0.3) is 0 Å². The summed E-state index contributed by atoms with van der Waals surface area (Å²) in [7, 11) is 0. The number of aromatic amines is 1. The summed E-state index contributed by atoms with van der Waals surface area (Å²) in [6.45, 7) is 4.33. The lowest BCUT2D eigenvalue weighted by molar-refractivity contribution is 0.560. The molecule has 13 heavy (non-hydrogen) atoms. The Morgan fingerprint density at radius 2 is 2.31 bits per heavy atom. The molecule has 0 fully saturated rings. The van der Waals surface area contributed by atoms with Crippen molar-refractivity contribution in [2.75, 3.05) is 0 Å². The number of hydrogen-bond acceptors (Lipinski definition) is 2. The molecule has 0 unspecified atom stereocenters. The van der Waals surface area contributed by atoms with Crippen molar-refractivity contribution in [2.24, 2.45) is 5.73 Å². The quantitative estimate of drug-likeness (QED) is 0.691. The van der Waals surface area contributed by atoms with Crippen LogP contribution in [-0.2, 0) is 6.42 Å². The van der Waals surface area contributed by atoms with Crippen molar-refractivity contribution in [1.29, 1.82) is 0 Å². The lowest BCUT2D eigenvalue weighted by Crippen LogP contribution is -2.18. The van der Waals surface area contributed by atoms with Crippen molar-refractivity contribution in [3.63, 3.8) is 0 Å². The molecule has 0 radical (unpaired) electrons. The van der Waals surface area contributed by atoms with Crippen LogP contribution in [0, 0.1) is 0 Å². The van der Waals surface area contributed by atoms with Crippen molar-refractivity contribution >= 4 is 0 Å². The minimum absolute atomic E-state index is 0.208. The normalized spacial score (nSPS) is 22.0.